The molecule has 0 saturated carbocycles. The molecular weight excluding hydrogens is 388 g/mol. The van der Waals surface area contributed by atoms with Gasteiger partial charge in [-0.05, 0) is 18.2 Å². The normalized spacial score (nSPS) is 10.2. The molecule has 1 amide bonds. The number of carbonyl (C=O) groups is 3. The zero-order valence-corrected chi connectivity index (χ0v) is 15.8. The van der Waals surface area contributed by atoms with Crippen LogP contribution in [-0.4, -0.2) is 29.5 Å². The Morgan fingerprint density at radius 1 is 0.833 bits per heavy atom. The summed E-state index contributed by atoms with van der Waals surface area (Å²) < 4.78 is 5.12. The first-order valence-electron chi connectivity index (χ1n) is 8.78. The number of nitro groups is 1. The zero-order chi connectivity index (χ0) is 21.7. The third-order valence-corrected chi connectivity index (χ3v) is 4.29. The SMILES string of the molecule is COc1ccc([N+](=O)[O-])cc1NC(=O)c1ccc(C(=O)C(=O)c2ccccc2)cc1. The highest BCUT2D eigenvalue weighted by Crippen LogP contribution is 2.29. The van der Waals surface area contributed by atoms with E-state index in [9.17, 15) is 24.5 Å². The molecule has 3 rings (SSSR count). The Balaban J connectivity index is 1.77. The van der Waals surface area contributed by atoms with E-state index in [4.69, 9.17) is 4.74 Å². The van der Waals surface area contributed by atoms with Crippen molar-refractivity contribution in [1.29, 1.82) is 0 Å². The van der Waals surface area contributed by atoms with Crippen LogP contribution in [0.25, 0.3) is 0 Å². The van der Waals surface area contributed by atoms with Gasteiger partial charge in [0.25, 0.3) is 11.6 Å². The lowest BCUT2D eigenvalue weighted by Gasteiger charge is -2.10. The summed E-state index contributed by atoms with van der Waals surface area (Å²) in [5.41, 5.74) is 0.560. The maximum absolute atomic E-state index is 12.5. The highest BCUT2D eigenvalue weighted by molar-refractivity contribution is 6.49. The van der Waals surface area contributed by atoms with E-state index in [1.54, 1.807) is 30.3 Å². The molecule has 0 spiro atoms. The molecule has 8 heteroatoms. The van der Waals surface area contributed by atoms with Gasteiger partial charge in [-0.2, -0.15) is 0 Å². The second-order valence-electron chi connectivity index (χ2n) is 6.20. The number of anilines is 1. The third-order valence-electron chi connectivity index (χ3n) is 4.29. The van der Waals surface area contributed by atoms with E-state index >= 15 is 0 Å². The number of ether oxygens (including phenoxy) is 1. The van der Waals surface area contributed by atoms with E-state index in [0.717, 1.165) is 0 Å². The number of methoxy groups -OCH3 is 1. The Hall–Kier alpha value is -4.33. The fourth-order valence-corrected chi connectivity index (χ4v) is 2.73. The third kappa shape index (κ3) is 4.39. The highest BCUT2D eigenvalue weighted by atomic mass is 16.6. The van der Waals surface area contributed by atoms with Crippen LogP contribution in [0.1, 0.15) is 31.1 Å². The summed E-state index contributed by atoms with van der Waals surface area (Å²) >= 11 is 0. The molecule has 0 aliphatic carbocycles. The number of hydrogen-bond acceptors (Lipinski definition) is 6. The molecule has 150 valence electrons. The number of ketones is 2. The molecule has 0 unspecified atom stereocenters. The summed E-state index contributed by atoms with van der Waals surface area (Å²) in [7, 11) is 1.38. The monoisotopic (exact) mass is 404 g/mol. The standard InChI is InChI=1S/C22H16N2O6/c1-30-19-12-11-17(24(28)29)13-18(19)23-22(27)16-9-7-15(8-10-16)21(26)20(25)14-5-3-2-4-6-14/h2-13H,1H3,(H,23,27). The van der Waals surface area contributed by atoms with Crippen LogP contribution in [0, 0.1) is 10.1 Å². The number of rotatable bonds is 7. The number of non-ortho nitro benzene ring substituents is 1. The van der Waals surface area contributed by atoms with Crippen molar-refractivity contribution in [3.05, 3.63) is 99.6 Å². The van der Waals surface area contributed by atoms with Crippen LogP contribution in [0.15, 0.2) is 72.8 Å². The van der Waals surface area contributed by atoms with Gasteiger partial charge in [0.1, 0.15) is 5.75 Å². The molecule has 0 bridgehead atoms. The first-order valence-corrected chi connectivity index (χ1v) is 8.78. The summed E-state index contributed by atoms with van der Waals surface area (Å²) in [6.45, 7) is 0. The molecule has 3 aromatic rings. The van der Waals surface area contributed by atoms with Crippen LogP contribution >= 0.6 is 0 Å². The zero-order valence-electron chi connectivity index (χ0n) is 15.8. The van der Waals surface area contributed by atoms with Crippen LogP contribution in [0.4, 0.5) is 11.4 Å². The average Bonchev–Trinajstić information content (AvgIpc) is 2.78. The van der Waals surface area contributed by atoms with E-state index in [-0.39, 0.29) is 33.8 Å². The summed E-state index contributed by atoms with van der Waals surface area (Å²) in [4.78, 5) is 47.5. The van der Waals surface area contributed by atoms with Crippen LogP contribution in [0.2, 0.25) is 0 Å². The minimum atomic E-state index is -0.687. The number of nitrogens with one attached hydrogen (secondary N) is 1. The maximum atomic E-state index is 12.5. The smallest absolute Gasteiger partial charge is 0.271 e. The first-order chi connectivity index (χ1) is 14.4. The average molecular weight is 404 g/mol. The van der Waals surface area contributed by atoms with Crippen molar-refractivity contribution in [2.24, 2.45) is 0 Å². The van der Waals surface area contributed by atoms with E-state index in [1.165, 1.54) is 49.6 Å². The van der Waals surface area contributed by atoms with Crippen molar-refractivity contribution < 1.29 is 24.0 Å². The highest BCUT2D eigenvalue weighted by Gasteiger charge is 2.19. The van der Waals surface area contributed by atoms with Crippen molar-refractivity contribution in [2.75, 3.05) is 12.4 Å². The Morgan fingerprint density at radius 3 is 1.97 bits per heavy atom. The fourth-order valence-electron chi connectivity index (χ4n) is 2.73. The van der Waals surface area contributed by atoms with Crippen molar-refractivity contribution in [3.63, 3.8) is 0 Å². The van der Waals surface area contributed by atoms with E-state index < -0.39 is 22.4 Å². The summed E-state index contributed by atoms with van der Waals surface area (Å²) in [5.74, 6) is -1.63. The van der Waals surface area contributed by atoms with Gasteiger partial charge >= 0.3 is 0 Å². The van der Waals surface area contributed by atoms with Gasteiger partial charge in [0.05, 0.1) is 17.7 Å². The Kier molecular flexibility index (Phi) is 5.97. The van der Waals surface area contributed by atoms with Gasteiger partial charge in [-0.3, -0.25) is 24.5 Å². The molecule has 0 atom stereocenters. The van der Waals surface area contributed by atoms with Gasteiger partial charge in [-0.15, -0.1) is 0 Å². The van der Waals surface area contributed by atoms with E-state index in [2.05, 4.69) is 5.32 Å². The largest absolute Gasteiger partial charge is 0.495 e. The molecule has 0 radical (unpaired) electrons. The molecule has 0 heterocycles. The number of amides is 1. The van der Waals surface area contributed by atoms with Crippen molar-refractivity contribution in [2.45, 2.75) is 0 Å². The lowest BCUT2D eigenvalue weighted by Crippen LogP contribution is -2.16. The molecule has 0 aliphatic rings. The fraction of sp³-hybridized carbons (Fsp3) is 0.0455. The number of nitro benzene ring substituents is 1. The van der Waals surface area contributed by atoms with Crippen LogP contribution < -0.4 is 10.1 Å². The number of carbonyl (C=O) groups excluding carboxylic acids is 3. The van der Waals surface area contributed by atoms with Crippen LogP contribution in [-0.2, 0) is 0 Å². The van der Waals surface area contributed by atoms with Gasteiger partial charge in [0.2, 0.25) is 11.6 Å². The molecule has 0 saturated heterocycles. The number of hydrogen-bond donors (Lipinski definition) is 1. The van der Waals surface area contributed by atoms with Gasteiger partial charge < -0.3 is 10.1 Å². The second kappa shape index (κ2) is 8.78. The summed E-state index contributed by atoms with van der Waals surface area (Å²) in [6.07, 6.45) is 0. The first kappa shape index (κ1) is 20.4. The predicted octanol–water partition coefficient (Wildman–Crippen LogP) is 3.92. The molecule has 0 aromatic heterocycles. The molecular formula is C22H16N2O6. The predicted molar refractivity (Wildman–Crippen MR) is 109 cm³/mol. The van der Waals surface area contributed by atoms with Gasteiger partial charge in [0, 0.05) is 28.8 Å². The lowest BCUT2D eigenvalue weighted by molar-refractivity contribution is -0.384. The number of Topliss-reactive ketones (excluding diaryl/α,β-unsaturated/α-hetero) is 2. The van der Waals surface area contributed by atoms with Crippen molar-refractivity contribution >= 4 is 28.8 Å². The second-order valence-corrected chi connectivity index (χ2v) is 6.20. The van der Waals surface area contributed by atoms with E-state index in [1.807, 2.05) is 0 Å². The van der Waals surface area contributed by atoms with Crippen LogP contribution in [0.5, 0.6) is 5.75 Å². The summed E-state index contributed by atoms with van der Waals surface area (Å²) in [6, 6.07) is 17.5. The molecule has 30 heavy (non-hydrogen) atoms. The minimum absolute atomic E-state index is 0.135. The van der Waals surface area contributed by atoms with Gasteiger partial charge in [-0.25, -0.2) is 0 Å². The van der Waals surface area contributed by atoms with Crippen molar-refractivity contribution in [3.8, 4) is 5.75 Å². The molecule has 0 fully saturated rings. The van der Waals surface area contributed by atoms with Crippen molar-refractivity contribution in [1.82, 2.24) is 0 Å². The van der Waals surface area contributed by atoms with Gasteiger partial charge in [0.15, 0.2) is 0 Å². The van der Waals surface area contributed by atoms with Gasteiger partial charge in [-0.1, -0.05) is 42.5 Å². The topological polar surface area (TPSA) is 116 Å². The summed E-state index contributed by atoms with van der Waals surface area (Å²) in [5, 5.41) is 13.5. The lowest BCUT2D eigenvalue weighted by atomic mass is 10.0. The molecule has 0 aliphatic heterocycles. The molecule has 3 aromatic carbocycles. The molecule has 8 nitrogen and oxygen atoms in total. The molecule has 1 N–H and O–H groups in total. The Labute approximate surface area is 171 Å². The maximum Gasteiger partial charge on any atom is 0.271 e. The quantitative estimate of drug-likeness (QED) is 0.276. The number of benzene rings is 3. The minimum Gasteiger partial charge on any atom is -0.495 e. The van der Waals surface area contributed by atoms with Crippen LogP contribution in [0.3, 0.4) is 0 Å². The Morgan fingerprint density at radius 2 is 1.40 bits per heavy atom. The Bertz CT molecular complexity index is 1120. The number of nitrogens with zero attached hydrogens (tertiary/aromatic N) is 1. The van der Waals surface area contributed by atoms with E-state index in [0.29, 0.717) is 0 Å².